The van der Waals surface area contributed by atoms with Crippen LogP contribution in [-0.2, 0) is 19.2 Å². The fraction of sp³-hybridized carbons (Fsp3) is 0.806. The largest absolute Gasteiger partial charge is 0.481 e. The van der Waals surface area contributed by atoms with E-state index >= 15 is 0 Å². The number of carboxylic acid groups (broad SMARTS) is 1. The van der Waals surface area contributed by atoms with Crippen LogP contribution in [0, 0.1) is 56.2 Å². The smallest absolute Gasteiger partial charge is 0.309 e. The fourth-order valence-corrected chi connectivity index (χ4v) is 10.5. The van der Waals surface area contributed by atoms with Crippen LogP contribution >= 0.6 is 0 Å². The van der Waals surface area contributed by atoms with Gasteiger partial charge in [-0.15, -0.1) is 0 Å². The summed E-state index contributed by atoms with van der Waals surface area (Å²) in [5, 5.41) is 10.1. The van der Waals surface area contributed by atoms with Gasteiger partial charge >= 0.3 is 5.97 Å². The number of rotatable bonds is 2. The molecule has 5 rings (SSSR count). The second kappa shape index (κ2) is 7.41. The zero-order valence-corrected chi connectivity index (χ0v) is 23.2. The Bertz CT molecular complexity index is 1090. The Morgan fingerprint density at radius 2 is 1.58 bits per heavy atom. The van der Waals surface area contributed by atoms with E-state index in [4.69, 9.17) is 0 Å². The summed E-state index contributed by atoms with van der Waals surface area (Å²) < 4.78 is 0. The van der Waals surface area contributed by atoms with E-state index in [0.717, 1.165) is 38.4 Å². The fourth-order valence-electron chi connectivity index (χ4n) is 10.5. The standard InChI is InChI=1S/C31H44O5/c1-26(2)22-8-9-31(7)23(29(22,5)15-18(17-32)24(26)34)21(33)14-19-20-16-28(4,25(35)36)11-10-27(20,3)12-13-30(19,31)6/h14,17-18,20,22-23H,8-13,15-16H2,1-7H3,(H,35,36)/t18?,20-,22+,23-,27-,28?,29+,30-,31-/m1/s1. The van der Waals surface area contributed by atoms with Gasteiger partial charge in [-0.05, 0) is 97.9 Å². The third-order valence-corrected chi connectivity index (χ3v) is 13.0. The Morgan fingerprint density at radius 3 is 2.19 bits per heavy atom. The van der Waals surface area contributed by atoms with Gasteiger partial charge in [0, 0.05) is 11.3 Å². The zero-order chi connectivity index (χ0) is 26.7. The molecule has 0 amide bonds. The van der Waals surface area contributed by atoms with Gasteiger partial charge in [0.15, 0.2) is 5.78 Å². The average Bonchev–Trinajstić information content (AvgIpc) is 2.78. The molecule has 1 N–H and O–H groups in total. The summed E-state index contributed by atoms with van der Waals surface area (Å²) in [7, 11) is 0. The lowest BCUT2D eigenvalue weighted by atomic mass is 9.33. The lowest BCUT2D eigenvalue weighted by molar-refractivity contribution is -0.193. The van der Waals surface area contributed by atoms with Gasteiger partial charge in [-0.3, -0.25) is 14.4 Å². The molecule has 4 fully saturated rings. The van der Waals surface area contributed by atoms with E-state index in [1.165, 1.54) is 5.57 Å². The van der Waals surface area contributed by atoms with E-state index in [1.807, 2.05) is 26.8 Å². The topological polar surface area (TPSA) is 88.5 Å². The van der Waals surface area contributed by atoms with E-state index < -0.39 is 28.1 Å². The molecular formula is C31H44O5. The molecule has 0 saturated heterocycles. The highest BCUT2D eigenvalue weighted by Gasteiger charge is 2.71. The molecule has 0 radical (unpaired) electrons. The van der Waals surface area contributed by atoms with E-state index in [1.54, 1.807) is 0 Å². The average molecular weight is 497 g/mol. The molecule has 198 valence electrons. The number of fused-ring (bicyclic) bond motifs is 7. The van der Waals surface area contributed by atoms with Crippen molar-refractivity contribution in [3.63, 3.8) is 0 Å². The summed E-state index contributed by atoms with van der Waals surface area (Å²) in [6, 6.07) is 0. The predicted octanol–water partition coefficient (Wildman–Crippen LogP) is 6.05. The van der Waals surface area contributed by atoms with E-state index in [0.29, 0.717) is 19.3 Å². The molecule has 5 heteroatoms. The molecule has 2 unspecified atom stereocenters. The van der Waals surface area contributed by atoms with E-state index in [2.05, 4.69) is 27.7 Å². The molecule has 4 saturated carbocycles. The van der Waals surface area contributed by atoms with Gasteiger partial charge in [0.25, 0.3) is 0 Å². The number of hydrogen-bond donors (Lipinski definition) is 1. The molecule has 9 atom stereocenters. The van der Waals surface area contributed by atoms with Crippen LogP contribution in [0.15, 0.2) is 11.6 Å². The summed E-state index contributed by atoms with van der Waals surface area (Å²) in [4.78, 5) is 51.8. The third kappa shape index (κ3) is 2.95. The molecule has 0 aromatic rings. The Kier molecular flexibility index (Phi) is 5.32. The lowest BCUT2D eigenvalue weighted by Gasteiger charge is -2.70. The van der Waals surface area contributed by atoms with Gasteiger partial charge in [0.05, 0.1) is 11.3 Å². The van der Waals surface area contributed by atoms with Crippen molar-refractivity contribution < 1.29 is 24.3 Å². The Labute approximate surface area is 215 Å². The molecule has 0 spiro atoms. The van der Waals surface area contributed by atoms with Crippen molar-refractivity contribution in [2.75, 3.05) is 0 Å². The van der Waals surface area contributed by atoms with Gasteiger partial charge in [-0.25, -0.2) is 0 Å². The number of carbonyl (C=O) groups excluding carboxylic acids is 3. The molecule has 0 aliphatic heterocycles. The summed E-state index contributed by atoms with van der Waals surface area (Å²) in [6.07, 6.45) is 9.12. The van der Waals surface area contributed by atoms with Gasteiger partial charge < -0.3 is 9.90 Å². The number of carboxylic acids is 1. The summed E-state index contributed by atoms with van der Waals surface area (Å²) in [5.74, 6) is -1.31. The van der Waals surface area contributed by atoms with Gasteiger partial charge in [0.1, 0.15) is 12.1 Å². The van der Waals surface area contributed by atoms with Crippen molar-refractivity contribution in [1.82, 2.24) is 0 Å². The van der Waals surface area contributed by atoms with Crippen molar-refractivity contribution in [1.29, 1.82) is 0 Å². The molecule has 5 nitrogen and oxygen atoms in total. The van der Waals surface area contributed by atoms with E-state index in [-0.39, 0.29) is 45.6 Å². The summed E-state index contributed by atoms with van der Waals surface area (Å²) >= 11 is 0. The maximum Gasteiger partial charge on any atom is 0.309 e. The van der Waals surface area contributed by atoms with Crippen LogP contribution in [-0.4, -0.2) is 28.9 Å². The van der Waals surface area contributed by atoms with Gasteiger partial charge in [-0.2, -0.15) is 0 Å². The summed E-state index contributed by atoms with van der Waals surface area (Å²) in [5.41, 5.74) is -1.12. The number of hydrogen-bond acceptors (Lipinski definition) is 4. The molecule has 0 aromatic carbocycles. The minimum absolute atomic E-state index is 0.0206. The monoisotopic (exact) mass is 496 g/mol. The molecule has 0 bridgehead atoms. The molecule has 0 aromatic heterocycles. The minimum Gasteiger partial charge on any atom is -0.481 e. The molecular weight excluding hydrogens is 452 g/mol. The molecule has 5 aliphatic carbocycles. The summed E-state index contributed by atoms with van der Waals surface area (Å²) in [6.45, 7) is 15.0. The molecule has 0 heterocycles. The Balaban J connectivity index is 1.64. The number of ketones is 2. The van der Waals surface area contributed by atoms with Gasteiger partial charge in [0.2, 0.25) is 0 Å². The van der Waals surface area contributed by atoms with Crippen LogP contribution in [0.25, 0.3) is 0 Å². The van der Waals surface area contributed by atoms with Gasteiger partial charge in [-0.1, -0.05) is 47.1 Å². The van der Waals surface area contributed by atoms with Crippen LogP contribution in [0.5, 0.6) is 0 Å². The normalized spacial score (nSPS) is 51.7. The van der Waals surface area contributed by atoms with Crippen LogP contribution in [0.3, 0.4) is 0 Å². The number of aldehydes is 1. The first-order valence-corrected chi connectivity index (χ1v) is 14.0. The molecule has 5 aliphatic rings. The number of carbonyl (C=O) groups is 4. The maximum absolute atomic E-state index is 14.3. The van der Waals surface area contributed by atoms with Crippen molar-refractivity contribution >= 4 is 23.8 Å². The van der Waals surface area contributed by atoms with E-state index in [9.17, 15) is 24.3 Å². The highest BCUT2D eigenvalue weighted by molar-refractivity contribution is 6.00. The first-order valence-electron chi connectivity index (χ1n) is 14.0. The number of aliphatic carboxylic acids is 1. The first kappa shape index (κ1) is 25.9. The Hall–Kier alpha value is -1.78. The maximum atomic E-state index is 14.3. The highest BCUT2D eigenvalue weighted by Crippen LogP contribution is 2.75. The minimum atomic E-state index is -0.765. The van der Waals surface area contributed by atoms with Crippen LogP contribution in [0.2, 0.25) is 0 Å². The third-order valence-electron chi connectivity index (χ3n) is 13.0. The lowest BCUT2D eigenvalue weighted by Crippen LogP contribution is -2.67. The zero-order valence-electron chi connectivity index (χ0n) is 23.2. The second-order valence-corrected chi connectivity index (χ2v) is 15.1. The van der Waals surface area contributed by atoms with Crippen LogP contribution < -0.4 is 0 Å². The van der Waals surface area contributed by atoms with Crippen LogP contribution in [0.4, 0.5) is 0 Å². The second-order valence-electron chi connectivity index (χ2n) is 15.1. The number of Topliss-reactive ketones (excluding diaryl/α,β-unsaturated/α-hetero) is 1. The van der Waals surface area contributed by atoms with Crippen molar-refractivity contribution in [3.05, 3.63) is 11.6 Å². The van der Waals surface area contributed by atoms with Crippen molar-refractivity contribution in [2.24, 2.45) is 56.2 Å². The van der Waals surface area contributed by atoms with Crippen molar-refractivity contribution in [3.8, 4) is 0 Å². The SMILES string of the molecule is CC1(C(=O)O)CC[C@]2(C)CC[C@]3(C)C(=CC(=O)[C@@H]4[C@@]5(C)CC(C=O)C(=O)C(C)(C)[C@@H]5CC[C@]43C)[C@H]2C1. The predicted molar refractivity (Wildman–Crippen MR) is 137 cm³/mol. The van der Waals surface area contributed by atoms with Crippen molar-refractivity contribution in [2.45, 2.75) is 99.8 Å². The van der Waals surface area contributed by atoms with Crippen LogP contribution in [0.1, 0.15) is 99.8 Å². The highest BCUT2D eigenvalue weighted by atomic mass is 16.4. The number of allylic oxidation sites excluding steroid dienone is 2. The first-order chi connectivity index (χ1) is 16.5. The Morgan fingerprint density at radius 1 is 0.944 bits per heavy atom. The quantitative estimate of drug-likeness (QED) is 0.372. The molecule has 36 heavy (non-hydrogen) atoms.